The highest BCUT2D eigenvalue weighted by Crippen LogP contribution is 2.18. The number of sulfone groups is 1. The van der Waals surface area contributed by atoms with Gasteiger partial charge < -0.3 is 5.32 Å². The topological polar surface area (TPSA) is 92.3 Å². The molecule has 0 bridgehead atoms. The Kier molecular flexibility index (Phi) is 4.86. The molecule has 112 valence electrons. The predicted octanol–water partition coefficient (Wildman–Crippen LogP) is -0.375. The zero-order chi connectivity index (χ0) is 13.9. The summed E-state index contributed by atoms with van der Waals surface area (Å²) in [6.45, 7) is 1.35. The van der Waals surface area contributed by atoms with E-state index in [9.17, 15) is 16.8 Å². The van der Waals surface area contributed by atoms with Gasteiger partial charge in [0, 0.05) is 12.6 Å². The van der Waals surface area contributed by atoms with Crippen LogP contribution in [-0.4, -0.2) is 52.7 Å². The molecule has 0 aromatic rings. The molecule has 2 fully saturated rings. The van der Waals surface area contributed by atoms with Crippen LogP contribution in [-0.2, 0) is 19.9 Å². The second kappa shape index (κ2) is 6.07. The summed E-state index contributed by atoms with van der Waals surface area (Å²) in [7, 11) is -6.40. The quantitative estimate of drug-likeness (QED) is 0.739. The normalized spacial score (nSPS) is 29.2. The third kappa shape index (κ3) is 4.40. The Morgan fingerprint density at radius 1 is 1.11 bits per heavy atom. The highest BCUT2D eigenvalue weighted by Gasteiger charge is 2.32. The molecule has 8 heteroatoms. The molecule has 0 spiro atoms. The second-order valence-corrected chi connectivity index (χ2v) is 9.74. The molecule has 2 N–H and O–H groups in total. The molecule has 0 aromatic heterocycles. The van der Waals surface area contributed by atoms with E-state index in [2.05, 4.69) is 10.0 Å². The van der Waals surface area contributed by atoms with Crippen molar-refractivity contribution < 1.29 is 16.8 Å². The Morgan fingerprint density at radius 2 is 1.79 bits per heavy atom. The Labute approximate surface area is 115 Å². The minimum atomic E-state index is -3.39. The number of sulfonamides is 1. The van der Waals surface area contributed by atoms with E-state index in [4.69, 9.17) is 0 Å². The largest absolute Gasteiger partial charge is 0.313 e. The van der Waals surface area contributed by atoms with E-state index < -0.39 is 25.1 Å². The van der Waals surface area contributed by atoms with Crippen molar-refractivity contribution in [1.82, 2.24) is 10.0 Å². The molecule has 0 amide bonds. The van der Waals surface area contributed by atoms with Gasteiger partial charge in [0.2, 0.25) is 10.0 Å². The zero-order valence-corrected chi connectivity index (χ0v) is 12.6. The van der Waals surface area contributed by atoms with Crippen LogP contribution in [0, 0.1) is 0 Å². The summed E-state index contributed by atoms with van der Waals surface area (Å²) in [6.07, 6.45) is 3.69. The standard InChI is InChI=1S/C11H22N2O4S2/c14-18(15)7-4-11(5-8-18)19(16,17)13-9-10-3-1-2-6-12-10/h10-13H,1-9H2. The van der Waals surface area contributed by atoms with Gasteiger partial charge >= 0.3 is 0 Å². The van der Waals surface area contributed by atoms with Crippen LogP contribution >= 0.6 is 0 Å². The highest BCUT2D eigenvalue weighted by atomic mass is 32.2. The number of nitrogens with one attached hydrogen (secondary N) is 2. The molecular formula is C11H22N2O4S2. The smallest absolute Gasteiger partial charge is 0.214 e. The van der Waals surface area contributed by atoms with Crippen molar-refractivity contribution in [2.45, 2.75) is 43.4 Å². The third-order valence-electron chi connectivity index (χ3n) is 3.88. The van der Waals surface area contributed by atoms with E-state index in [-0.39, 0.29) is 30.4 Å². The first-order valence-electron chi connectivity index (χ1n) is 6.81. The van der Waals surface area contributed by atoms with Crippen LogP contribution < -0.4 is 10.0 Å². The summed E-state index contributed by atoms with van der Waals surface area (Å²) in [6, 6.07) is 0.204. The predicted molar refractivity (Wildman–Crippen MR) is 74.2 cm³/mol. The molecular weight excluding hydrogens is 288 g/mol. The SMILES string of the molecule is O=S1(=O)CCC(S(=O)(=O)NCC2CCCCN2)CC1. The summed E-state index contributed by atoms with van der Waals surface area (Å²) in [4.78, 5) is 0. The van der Waals surface area contributed by atoms with E-state index in [0.717, 1.165) is 25.8 Å². The van der Waals surface area contributed by atoms with Gasteiger partial charge in [0.05, 0.1) is 16.8 Å². The lowest BCUT2D eigenvalue weighted by Gasteiger charge is -2.26. The summed E-state index contributed by atoms with van der Waals surface area (Å²) in [5.41, 5.74) is 0. The van der Waals surface area contributed by atoms with Crippen LogP contribution in [0.3, 0.4) is 0 Å². The Morgan fingerprint density at radius 3 is 2.37 bits per heavy atom. The van der Waals surface area contributed by atoms with Gasteiger partial charge in [-0.2, -0.15) is 0 Å². The minimum absolute atomic E-state index is 0.0136. The molecule has 2 rings (SSSR count). The second-order valence-electron chi connectivity index (χ2n) is 5.39. The van der Waals surface area contributed by atoms with Gasteiger partial charge in [-0.25, -0.2) is 21.6 Å². The van der Waals surface area contributed by atoms with Crippen molar-refractivity contribution in [1.29, 1.82) is 0 Å². The first kappa shape index (κ1) is 15.2. The van der Waals surface area contributed by atoms with Crippen molar-refractivity contribution in [2.75, 3.05) is 24.6 Å². The first-order valence-corrected chi connectivity index (χ1v) is 10.2. The minimum Gasteiger partial charge on any atom is -0.313 e. The van der Waals surface area contributed by atoms with Gasteiger partial charge in [0.25, 0.3) is 0 Å². The maximum absolute atomic E-state index is 12.1. The molecule has 19 heavy (non-hydrogen) atoms. The molecule has 0 aliphatic carbocycles. The van der Waals surface area contributed by atoms with Gasteiger partial charge in [0.15, 0.2) is 0 Å². The van der Waals surface area contributed by atoms with Gasteiger partial charge in [-0.3, -0.25) is 0 Å². The molecule has 6 nitrogen and oxygen atoms in total. The molecule has 0 aromatic carbocycles. The monoisotopic (exact) mass is 310 g/mol. The van der Waals surface area contributed by atoms with E-state index in [1.807, 2.05) is 0 Å². The van der Waals surface area contributed by atoms with Gasteiger partial charge in [-0.05, 0) is 32.2 Å². The maximum Gasteiger partial charge on any atom is 0.214 e. The summed E-state index contributed by atoms with van der Waals surface area (Å²) in [5.74, 6) is -0.0273. The van der Waals surface area contributed by atoms with Crippen molar-refractivity contribution in [3.05, 3.63) is 0 Å². The summed E-state index contributed by atoms with van der Waals surface area (Å²) in [5, 5.41) is 2.73. The number of hydrogen-bond acceptors (Lipinski definition) is 5. The lowest BCUT2D eigenvalue weighted by Crippen LogP contribution is -2.47. The third-order valence-corrected chi connectivity index (χ3v) is 7.52. The molecule has 2 heterocycles. The number of hydrogen-bond donors (Lipinski definition) is 2. The molecule has 2 saturated heterocycles. The Bertz CT molecular complexity index is 481. The average Bonchev–Trinajstić information content (AvgIpc) is 2.37. The molecule has 2 aliphatic rings. The van der Waals surface area contributed by atoms with Crippen LogP contribution in [0.15, 0.2) is 0 Å². The molecule has 0 saturated carbocycles. The van der Waals surface area contributed by atoms with Crippen LogP contribution in [0.4, 0.5) is 0 Å². The highest BCUT2D eigenvalue weighted by molar-refractivity contribution is 7.92. The zero-order valence-electron chi connectivity index (χ0n) is 11.0. The van der Waals surface area contributed by atoms with Crippen molar-refractivity contribution in [3.8, 4) is 0 Å². The first-order chi connectivity index (χ1) is 8.89. The van der Waals surface area contributed by atoms with Gasteiger partial charge in [0.1, 0.15) is 9.84 Å². The average molecular weight is 310 g/mol. The number of piperidine rings is 1. The fourth-order valence-corrected chi connectivity index (χ4v) is 5.93. The molecule has 1 atom stereocenters. The maximum atomic E-state index is 12.1. The summed E-state index contributed by atoms with van der Waals surface area (Å²) < 4.78 is 49.5. The Balaban J connectivity index is 1.84. The fraction of sp³-hybridized carbons (Fsp3) is 1.00. The van der Waals surface area contributed by atoms with Crippen LogP contribution in [0.5, 0.6) is 0 Å². The van der Waals surface area contributed by atoms with Gasteiger partial charge in [-0.15, -0.1) is 0 Å². The lowest BCUT2D eigenvalue weighted by molar-refractivity contribution is 0.397. The van der Waals surface area contributed by atoms with Crippen LogP contribution in [0.1, 0.15) is 32.1 Å². The van der Waals surface area contributed by atoms with Crippen molar-refractivity contribution in [2.24, 2.45) is 0 Å². The lowest BCUT2D eigenvalue weighted by atomic mass is 10.1. The van der Waals surface area contributed by atoms with E-state index in [0.29, 0.717) is 6.54 Å². The van der Waals surface area contributed by atoms with Crippen LogP contribution in [0.2, 0.25) is 0 Å². The summed E-state index contributed by atoms with van der Waals surface area (Å²) >= 11 is 0. The van der Waals surface area contributed by atoms with Crippen molar-refractivity contribution >= 4 is 19.9 Å². The van der Waals surface area contributed by atoms with E-state index in [1.165, 1.54) is 0 Å². The van der Waals surface area contributed by atoms with E-state index >= 15 is 0 Å². The number of rotatable bonds is 4. The van der Waals surface area contributed by atoms with Crippen molar-refractivity contribution in [3.63, 3.8) is 0 Å². The Hall–Kier alpha value is -0.180. The fourth-order valence-electron chi connectivity index (χ4n) is 2.61. The molecule has 1 unspecified atom stereocenters. The molecule has 0 radical (unpaired) electrons. The van der Waals surface area contributed by atoms with E-state index in [1.54, 1.807) is 0 Å². The van der Waals surface area contributed by atoms with Gasteiger partial charge in [-0.1, -0.05) is 6.42 Å². The van der Waals surface area contributed by atoms with Crippen LogP contribution in [0.25, 0.3) is 0 Å². The molecule has 2 aliphatic heterocycles.